The maximum Gasteiger partial charge on any atom is 0.323 e. The summed E-state index contributed by atoms with van der Waals surface area (Å²) in [5, 5.41) is 2.89. The van der Waals surface area contributed by atoms with Crippen molar-refractivity contribution in [1.82, 2.24) is 19.4 Å². The number of hydrogen-bond donors (Lipinski definition) is 1. The fraction of sp³-hybridized carbons (Fsp3) is 0.471. The third kappa shape index (κ3) is 3.34. The Kier molecular flexibility index (Phi) is 4.69. The highest BCUT2D eigenvalue weighted by atomic mass is 16.5. The zero-order chi connectivity index (χ0) is 17.1. The third-order valence-electron chi connectivity index (χ3n) is 4.41. The van der Waals surface area contributed by atoms with E-state index >= 15 is 0 Å². The van der Waals surface area contributed by atoms with Gasteiger partial charge in [0.05, 0.1) is 13.2 Å². The van der Waals surface area contributed by atoms with E-state index < -0.39 is 0 Å². The number of rotatable bonds is 4. The number of aromatic nitrogens is 3. The molecule has 0 saturated carbocycles. The molecule has 0 aromatic carbocycles. The van der Waals surface area contributed by atoms with Gasteiger partial charge in [0, 0.05) is 31.2 Å². The summed E-state index contributed by atoms with van der Waals surface area (Å²) in [5.74, 6) is 1.99. The number of methoxy groups -OCH3 is 1. The number of urea groups is 1. The molecule has 1 aliphatic rings. The molecular formula is C17H23N5O2. The Morgan fingerprint density at radius 2 is 2.25 bits per heavy atom. The summed E-state index contributed by atoms with van der Waals surface area (Å²) in [6, 6.07) is 3.70. The second-order valence-corrected chi connectivity index (χ2v) is 6.05. The molecule has 3 rings (SSSR count). The van der Waals surface area contributed by atoms with Crippen molar-refractivity contribution in [3.05, 3.63) is 36.0 Å². The van der Waals surface area contributed by atoms with Crippen molar-refractivity contribution in [2.75, 3.05) is 19.0 Å². The van der Waals surface area contributed by atoms with Gasteiger partial charge in [-0.1, -0.05) is 0 Å². The van der Waals surface area contributed by atoms with E-state index in [0.29, 0.717) is 11.6 Å². The Labute approximate surface area is 141 Å². The van der Waals surface area contributed by atoms with E-state index in [2.05, 4.69) is 19.9 Å². The summed E-state index contributed by atoms with van der Waals surface area (Å²) in [6.45, 7) is 5.37. The molecule has 7 heteroatoms. The molecule has 1 atom stereocenters. The monoisotopic (exact) mass is 329 g/mol. The highest BCUT2D eigenvalue weighted by Gasteiger charge is 2.30. The number of anilines is 1. The molecule has 0 bridgehead atoms. The van der Waals surface area contributed by atoms with Crippen LogP contribution in [0.15, 0.2) is 24.5 Å². The molecule has 2 amide bonds. The molecule has 1 saturated heterocycles. The van der Waals surface area contributed by atoms with E-state index in [9.17, 15) is 4.79 Å². The van der Waals surface area contributed by atoms with Crippen LogP contribution in [0.25, 0.3) is 0 Å². The maximum atomic E-state index is 12.7. The molecule has 0 unspecified atom stereocenters. The molecule has 24 heavy (non-hydrogen) atoms. The lowest BCUT2D eigenvalue weighted by Crippen LogP contribution is -2.41. The first-order valence-corrected chi connectivity index (χ1v) is 8.15. The van der Waals surface area contributed by atoms with Crippen molar-refractivity contribution in [3.8, 4) is 5.75 Å². The van der Waals surface area contributed by atoms with E-state index in [1.165, 1.54) is 0 Å². The number of aryl methyl sites for hydroxylation is 2. The van der Waals surface area contributed by atoms with Crippen molar-refractivity contribution in [3.63, 3.8) is 0 Å². The summed E-state index contributed by atoms with van der Waals surface area (Å²) in [6.07, 6.45) is 5.73. The minimum Gasteiger partial charge on any atom is -0.493 e. The van der Waals surface area contributed by atoms with Crippen molar-refractivity contribution in [1.29, 1.82) is 0 Å². The van der Waals surface area contributed by atoms with Gasteiger partial charge in [0.2, 0.25) is 0 Å². The van der Waals surface area contributed by atoms with Crippen LogP contribution in [0.5, 0.6) is 5.75 Å². The lowest BCUT2D eigenvalue weighted by Gasteiger charge is -2.25. The number of imidazole rings is 1. The Hall–Kier alpha value is -2.57. The molecule has 3 heterocycles. The van der Waals surface area contributed by atoms with Gasteiger partial charge in [0.1, 0.15) is 5.82 Å². The van der Waals surface area contributed by atoms with Gasteiger partial charge in [0.15, 0.2) is 11.6 Å². The zero-order valence-electron chi connectivity index (χ0n) is 14.3. The number of hydrogen-bond acceptors (Lipinski definition) is 4. The molecule has 1 aliphatic heterocycles. The van der Waals surface area contributed by atoms with Gasteiger partial charge in [-0.05, 0) is 38.8 Å². The maximum absolute atomic E-state index is 12.7. The molecule has 2 aromatic rings. The van der Waals surface area contributed by atoms with Crippen LogP contribution in [-0.4, -0.2) is 45.2 Å². The molecule has 1 N–H and O–H groups in total. The molecule has 128 valence electrons. The van der Waals surface area contributed by atoms with Crippen LogP contribution in [0.1, 0.15) is 24.4 Å². The number of carbonyl (C=O) groups excluding carboxylic acids is 1. The first-order chi connectivity index (χ1) is 11.6. The van der Waals surface area contributed by atoms with Gasteiger partial charge >= 0.3 is 6.03 Å². The smallest absolute Gasteiger partial charge is 0.323 e. The molecule has 0 aliphatic carbocycles. The predicted octanol–water partition coefficient (Wildman–Crippen LogP) is 2.60. The fourth-order valence-corrected chi connectivity index (χ4v) is 3.09. The number of amides is 2. The Bertz CT molecular complexity index is 728. The number of nitrogens with zero attached hydrogens (tertiary/aromatic N) is 4. The number of carbonyl (C=O) groups is 1. The quantitative estimate of drug-likeness (QED) is 0.936. The highest BCUT2D eigenvalue weighted by molar-refractivity contribution is 5.90. The van der Waals surface area contributed by atoms with Gasteiger partial charge in [-0.3, -0.25) is 5.32 Å². The van der Waals surface area contributed by atoms with Crippen LogP contribution in [0.3, 0.4) is 0 Å². The summed E-state index contributed by atoms with van der Waals surface area (Å²) >= 11 is 0. The van der Waals surface area contributed by atoms with E-state index in [-0.39, 0.29) is 12.1 Å². The predicted molar refractivity (Wildman–Crippen MR) is 91.2 cm³/mol. The number of nitrogens with one attached hydrogen (secondary N) is 1. The Morgan fingerprint density at radius 3 is 2.96 bits per heavy atom. The van der Waals surface area contributed by atoms with Crippen LogP contribution in [0.4, 0.5) is 10.6 Å². The van der Waals surface area contributed by atoms with Crippen LogP contribution in [0.2, 0.25) is 0 Å². The van der Waals surface area contributed by atoms with Gasteiger partial charge in [-0.2, -0.15) is 0 Å². The van der Waals surface area contributed by atoms with Crippen LogP contribution >= 0.6 is 0 Å². The minimum absolute atomic E-state index is 0.133. The third-order valence-corrected chi connectivity index (χ3v) is 4.41. The summed E-state index contributed by atoms with van der Waals surface area (Å²) in [7, 11) is 1.57. The van der Waals surface area contributed by atoms with Gasteiger partial charge < -0.3 is 14.2 Å². The van der Waals surface area contributed by atoms with Gasteiger partial charge in [-0.15, -0.1) is 0 Å². The Balaban J connectivity index is 1.72. The second-order valence-electron chi connectivity index (χ2n) is 6.05. The topological polar surface area (TPSA) is 72.3 Å². The summed E-state index contributed by atoms with van der Waals surface area (Å²) in [4.78, 5) is 23.2. The normalized spacial score (nSPS) is 17.1. The standard InChI is InChI=1S/C17H23N5O2/c1-12-6-7-15(24-3)16(19-12)20-17(23)22-9-4-5-14(22)11-21-10-8-18-13(21)2/h6-8,10,14H,4-5,9,11H2,1-3H3,(H,19,20,23)/t14-/m1/s1. The molecule has 0 radical (unpaired) electrons. The van der Waals surface area contributed by atoms with E-state index in [1.54, 1.807) is 13.3 Å². The lowest BCUT2D eigenvalue weighted by molar-refractivity contribution is 0.200. The molecule has 2 aromatic heterocycles. The van der Waals surface area contributed by atoms with E-state index in [1.807, 2.05) is 37.1 Å². The Morgan fingerprint density at radius 1 is 1.42 bits per heavy atom. The average Bonchev–Trinajstić information content (AvgIpc) is 3.18. The molecular weight excluding hydrogens is 306 g/mol. The molecule has 0 spiro atoms. The first kappa shape index (κ1) is 16.3. The second kappa shape index (κ2) is 6.90. The fourth-order valence-electron chi connectivity index (χ4n) is 3.09. The van der Waals surface area contributed by atoms with Crippen LogP contribution in [0, 0.1) is 13.8 Å². The lowest BCUT2D eigenvalue weighted by atomic mass is 10.2. The van der Waals surface area contributed by atoms with Crippen LogP contribution < -0.4 is 10.1 Å². The molecule has 1 fully saturated rings. The highest BCUT2D eigenvalue weighted by Crippen LogP contribution is 2.25. The number of likely N-dealkylation sites (tertiary alicyclic amines) is 1. The van der Waals surface area contributed by atoms with Gasteiger partial charge in [-0.25, -0.2) is 14.8 Å². The van der Waals surface area contributed by atoms with E-state index in [0.717, 1.165) is 37.4 Å². The van der Waals surface area contributed by atoms with Crippen molar-refractivity contribution >= 4 is 11.8 Å². The van der Waals surface area contributed by atoms with Crippen molar-refractivity contribution in [2.24, 2.45) is 0 Å². The SMILES string of the molecule is COc1ccc(C)nc1NC(=O)N1CCC[C@@H]1Cn1ccnc1C. The first-order valence-electron chi connectivity index (χ1n) is 8.15. The van der Waals surface area contributed by atoms with Crippen molar-refractivity contribution in [2.45, 2.75) is 39.3 Å². The molecule has 7 nitrogen and oxygen atoms in total. The largest absolute Gasteiger partial charge is 0.493 e. The van der Waals surface area contributed by atoms with E-state index in [4.69, 9.17) is 4.74 Å². The summed E-state index contributed by atoms with van der Waals surface area (Å²) < 4.78 is 7.37. The summed E-state index contributed by atoms with van der Waals surface area (Å²) in [5.41, 5.74) is 0.832. The van der Waals surface area contributed by atoms with Crippen molar-refractivity contribution < 1.29 is 9.53 Å². The minimum atomic E-state index is -0.133. The van der Waals surface area contributed by atoms with Crippen LogP contribution in [-0.2, 0) is 6.54 Å². The zero-order valence-corrected chi connectivity index (χ0v) is 14.3. The van der Waals surface area contributed by atoms with Gasteiger partial charge in [0.25, 0.3) is 0 Å². The number of pyridine rings is 1. The average molecular weight is 329 g/mol. The number of ether oxygens (including phenoxy) is 1.